The lowest BCUT2D eigenvalue weighted by Gasteiger charge is -2.12. The molecular formula is C15H16BrN3. The molecule has 1 aliphatic rings. The van der Waals surface area contributed by atoms with Crippen LogP contribution in [0.2, 0.25) is 0 Å². The lowest BCUT2D eigenvalue weighted by atomic mass is 10.0. The normalized spacial score (nSPS) is 17.3. The highest BCUT2D eigenvalue weighted by Gasteiger charge is 2.26. The van der Waals surface area contributed by atoms with Crippen molar-refractivity contribution >= 4 is 21.7 Å². The van der Waals surface area contributed by atoms with Crippen LogP contribution < -0.4 is 5.32 Å². The zero-order valence-corrected chi connectivity index (χ0v) is 12.4. The van der Waals surface area contributed by atoms with Crippen molar-refractivity contribution in [1.82, 2.24) is 9.97 Å². The summed E-state index contributed by atoms with van der Waals surface area (Å²) >= 11 is 3.48. The number of hydrogen-bond donors (Lipinski definition) is 1. The standard InChI is InChI=1S/C15H16BrN3/c1-2-17-15-13(16)9-18-14(19-15)12-8-7-10-5-3-4-6-11(10)12/h3-6,9,12H,2,7-8H2,1H3,(H,17,18,19). The van der Waals surface area contributed by atoms with E-state index in [-0.39, 0.29) is 0 Å². The summed E-state index contributed by atoms with van der Waals surface area (Å²) in [6.45, 7) is 2.93. The Hall–Kier alpha value is -1.42. The first-order valence-electron chi connectivity index (χ1n) is 6.63. The SMILES string of the molecule is CCNc1nc(C2CCc3ccccc32)ncc1Br. The van der Waals surface area contributed by atoms with Crippen LogP contribution in [0.3, 0.4) is 0 Å². The molecule has 2 aromatic rings. The van der Waals surface area contributed by atoms with Crippen molar-refractivity contribution in [1.29, 1.82) is 0 Å². The van der Waals surface area contributed by atoms with Crippen molar-refractivity contribution in [3.63, 3.8) is 0 Å². The molecule has 1 aliphatic carbocycles. The summed E-state index contributed by atoms with van der Waals surface area (Å²) in [5.74, 6) is 2.14. The van der Waals surface area contributed by atoms with Crippen LogP contribution in [0, 0.1) is 0 Å². The topological polar surface area (TPSA) is 37.8 Å². The highest BCUT2D eigenvalue weighted by atomic mass is 79.9. The highest BCUT2D eigenvalue weighted by molar-refractivity contribution is 9.10. The van der Waals surface area contributed by atoms with Crippen molar-refractivity contribution in [2.45, 2.75) is 25.7 Å². The minimum absolute atomic E-state index is 0.335. The Bertz CT molecular complexity index is 598. The number of nitrogens with zero attached hydrogens (tertiary/aromatic N) is 2. The first-order chi connectivity index (χ1) is 9.29. The minimum atomic E-state index is 0.335. The van der Waals surface area contributed by atoms with E-state index in [1.54, 1.807) is 0 Å². The second-order valence-electron chi connectivity index (χ2n) is 4.75. The van der Waals surface area contributed by atoms with Crippen LogP contribution in [0.15, 0.2) is 34.9 Å². The summed E-state index contributed by atoms with van der Waals surface area (Å²) in [6, 6.07) is 8.61. The average Bonchev–Trinajstić information content (AvgIpc) is 2.85. The van der Waals surface area contributed by atoms with E-state index in [4.69, 9.17) is 0 Å². The fourth-order valence-corrected chi connectivity index (χ4v) is 3.00. The summed E-state index contributed by atoms with van der Waals surface area (Å²) in [5.41, 5.74) is 2.82. The molecule has 1 N–H and O–H groups in total. The second kappa shape index (κ2) is 5.29. The van der Waals surface area contributed by atoms with Gasteiger partial charge in [-0.05, 0) is 46.8 Å². The van der Waals surface area contributed by atoms with E-state index in [0.29, 0.717) is 5.92 Å². The number of benzene rings is 1. The third kappa shape index (κ3) is 2.37. The fraction of sp³-hybridized carbons (Fsp3) is 0.333. The summed E-state index contributed by atoms with van der Waals surface area (Å²) in [5, 5.41) is 3.27. The van der Waals surface area contributed by atoms with Gasteiger partial charge in [0.15, 0.2) is 0 Å². The lowest BCUT2D eigenvalue weighted by molar-refractivity contribution is 0.728. The Kier molecular flexibility index (Phi) is 3.51. The molecule has 0 saturated carbocycles. The molecule has 0 radical (unpaired) electrons. The van der Waals surface area contributed by atoms with Gasteiger partial charge < -0.3 is 5.32 Å². The average molecular weight is 318 g/mol. The van der Waals surface area contributed by atoms with Gasteiger partial charge in [0.2, 0.25) is 0 Å². The van der Waals surface area contributed by atoms with Crippen LogP contribution >= 0.6 is 15.9 Å². The van der Waals surface area contributed by atoms with Crippen LogP contribution in [0.25, 0.3) is 0 Å². The van der Waals surface area contributed by atoms with Gasteiger partial charge in [-0.25, -0.2) is 9.97 Å². The molecule has 0 fully saturated rings. The fourth-order valence-electron chi connectivity index (χ4n) is 2.67. The number of hydrogen-bond acceptors (Lipinski definition) is 3. The van der Waals surface area contributed by atoms with Crippen LogP contribution in [0.5, 0.6) is 0 Å². The van der Waals surface area contributed by atoms with E-state index >= 15 is 0 Å². The van der Waals surface area contributed by atoms with Gasteiger partial charge in [0.25, 0.3) is 0 Å². The quantitative estimate of drug-likeness (QED) is 0.936. The van der Waals surface area contributed by atoms with Gasteiger partial charge in [0.1, 0.15) is 11.6 Å². The van der Waals surface area contributed by atoms with Crippen molar-refractivity contribution in [3.05, 3.63) is 51.9 Å². The van der Waals surface area contributed by atoms with E-state index < -0.39 is 0 Å². The third-order valence-corrected chi connectivity index (χ3v) is 4.13. The Morgan fingerprint density at radius 1 is 1.37 bits per heavy atom. The maximum absolute atomic E-state index is 4.67. The number of fused-ring (bicyclic) bond motifs is 1. The van der Waals surface area contributed by atoms with Gasteiger partial charge in [0.05, 0.1) is 4.47 Å². The van der Waals surface area contributed by atoms with Crippen LogP contribution in [0.1, 0.15) is 36.2 Å². The van der Waals surface area contributed by atoms with Gasteiger partial charge in [-0.1, -0.05) is 24.3 Å². The Labute approximate surface area is 121 Å². The smallest absolute Gasteiger partial charge is 0.144 e. The Balaban J connectivity index is 1.98. The lowest BCUT2D eigenvalue weighted by Crippen LogP contribution is -2.07. The summed E-state index contributed by atoms with van der Waals surface area (Å²) in [4.78, 5) is 9.18. The van der Waals surface area contributed by atoms with Crippen LogP contribution in [-0.4, -0.2) is 16.5 Å². The number of rotatable bonds is 3. The van der Waals surface area contributed by atoms with Crippen molar-refractivity contribution in [2.24, 2.45) is 0 Å². The molecule has 0 bridgehead atoms. The van der Waals surface area contributed by atoms with E-state index in [0.717, 1.165) is 35.5 Å². The van der Waals surface area contributed by atoms with Crippen molar-refractivity contribution in [3.8, 4) is 0 Å². The van der Waals surface area contributed by atoms with Crippen LogP contribution in [0.4, 0.5) is 5.82 Å². The molecule has 1 aromatic heterocycles. The summed E-state index contributed by atoms with van der Waals surface area (Å²) < 4.78 is 0.921. The molecule has 19 heavy (non-hydrogen) atoms. The van der Waals surface area contributed by atoms with Gasteiger partial charge in [-0.3, -0.25) is 0 Å². The van der Waals surface area contributed by atoms with Gasteiger partial charge in [0, 0.05) is 18.7 Å². The molecule has 1 unspecified atom stereocenters. The highest BCUT2D eigenvalue weighted by Crippen LogP contribution is 2.37. The number of aromatic nitrogens is 2. The van der Waals surface area contributed by atoms with Gasteiger partial charge in [-0.15, -0.1) is 0 Å². The third-order valence-electron chi connectivity index (χ3n) is 3.55. The molecule has 98 valence electrons. The zero-order valence-electron chi connectivity index (χ0n) is 10.9. The number of halogens is 1. The second-order valence-corrected chi connectivity index (χ2v) is 5.60. The first kappa shape index (κ1) is 12.6. The molecule has 1 aromatic carbocycles. The largest absolute Gasteiger partial charge is 0.369 e. The predicted molar refractivity (Wildman–Crippen MR) is 80.5 cm³/mol. The summed E-state index contributed by atoms with van der Waals surface area (Å²) in [6.07, 6.45) is 4.07. The Morgan fingerprint density at radius 3 is 3.05 bits per heavy atom. The van der Waals surface area contributed by atoms with E-state index in [1.165, 1.54) is 11.1 Å². The van der Waals surface area contributed by atoms with Crippen molar-refractivity contribution < 1.29 is 0 Å². The monoisotopic (exact) mass is 317 g/mol. The maximum atomic E-state index is 4.67. The molecule has 1 heterocycles. The molecule has 0 spiro atoms. The first-order valence-corrected chi connectivity index (χ1v) is 7.43. The number of nitrogens with one attached hydrogen (secondary N) is 1. The van der Waals surface area contributed by atoms with Gasteiger partial charge in [-0.2, -0.15) is 0 Å². The molecule has 1 atom stereocenters. The molecule has 0 saturated heterocycles. The maximum Gasteiger partial charge on any atom is 0.144 e. The van der Waals surface area contributed by atoms with E-state index in [2.05, 4.69) is 62.4 Å². The van der Waals surface area contributed by atoms with E-state index in [9.17, 15) is 0 Å². The number of anilines is 1. The predicted octanol–water partition coefficient (Wildman–Crippen LogP) is 3.75. The van der Waals surface area contributed by atoms with Gasteiger partial charge >= 0.3 is 0 Å². The van der Waals surface area contributed by atoms with Crippen molar-refractivity contribution in [2.75, 3.05) is 11.9 Å². The summed E-state index contributed by atoms with van der Waals surface area (Å²) in [7, 11) is 0. The molecule has 3 rings (SSSR count). The molecule has 4 heteroatoms. The van der Waals surface area contributed by atoms with Crippen LogP contribution in [-0.2, 0) is 6.42 Å². The molecule has 0 amide bonds. The molecular weight excluding hydrogens is 302 g/mol. The van der Waals surface area contributed by atoms with E-state index in [1.807, 2.05) is 6.20 Å². The Morgan fingerprint density at radius 2 is 2.21 bits per heavy atom. The minimum Gasteiger partial charge on any atom is -0.369 e. The number of aryl methyl sites for hydroxylation is 1. The zero-order chi connectivity index (χ0) is 13.2. The molecule has 3 nitrogen and oxygen atoms in total. The molecule has 0 aliphatic heterocycles.